The normalized spacial score (nSPS) is 40.3. The van der Waals surface area contributed by atoms with Crippen LogP contribution in [0.1, 0.15) is 77.6 Å². The Morgan fingerprint density at radius 2 is 2.10 bits per heavy atom. The van der Waals surface area contributed by atoms with Crippen LogP contribution in [-0.4, -0.2) is 38.5 Å². The second-order valence-electron chi connectivity index (χ2n) is 9.94. The van der Waals surface area contributed by atoms with Gasteiger partial charge in [0, 0.05) is 17.5 Å². The van der Waals surface area contributed by atoms with E-state index in [-0.39, 0.29) is 6.10 Å². The molecule has 0 aromatic rings. The van der Waals surface area contributed by atoms with Crippen LogP contribution in [-0.2, 0) is 11.0 Å². The Kier molecular flexibility index (Phi) is 7.29. The third-order valence-electron chi connectivity index (χ3n) is 7.92. The SMILES string of the molecule is CC(O)CCC1CN(S(=O)C2=CCCC(C3CC=CC(F)C3)C2)C2CCCCC12. The van der Waals surface area contributed by atoms with Crippen molar-refractivity contribution in [3.05, 3.63) is 23.1 Å². The summed E-state index contributed by atoms with van der Waals surface area (Å²) in [5.74, 6) is 2.07. The van der Waals surface area contributed by atoms with E-state index >= 15 is 0 Å². The molecule has 0 radical (unpaired) electrons. The minimum atomic E-state index is -1.05. The topological polar surface area (TPSA) is 40.5 Å². The number of nitrogens with zero attached hydrogens (tertiary/aromatic N) is 1. The quantitative estimate of drug-likeness (QED) is 0.590. The molecule has 1 saturated carbocycles. The number of hydrogen-bond donors (Lipinski definition) is 1. The Labute approximate surface area is 178 Å². The molecule has 0 spiro atoms. The van der Waals surface area contributed by atoms with Gasteiger partial charge in [0.15, 0.2) is 0 Å². The molecule has 0 aromatic carbocycles. The highest BCUT2D eigenvalue weighted by molar-refractivity contribution is 7.86. The summed E-state index contributed by atoms with van der Waals surface area (Å²) in [5.41, 5.74) is 0. The first-order chi connectivity index (χ1) is 14.0. The third kappa shape index (κ3) is 5.04. The molecule has 5 heteroatoms. The minimum Gasteiger partial charge on any atom is -0.393 e. The first-order valence-corrected chi connectivity index (χ1v) is 13.0. The van der Waals surface area contributed by atoms with Gasteiger partial charge in [0.05, 0.1) is 6.10 Å². The zero-order chi connectivity index (χ0) is 20.4. The van der Waals surface area contributed by atoms with Crippen LogP contribution in [0.15, 0.2) is 23.1 Å². The molecule has 0 amide bonds. The van der Waals surface area contributed by atoms with Crippen molar-refractivity contribution in [2.45, 2.75) is 95.9 Å². The molecule has 8 atom stereocenters. The van der Waals surface area contributed by atoms with E-state index in [1.807, 2.05) is 13.0 Å². The van der Waals surface area contributed by atoms with Gasteiger partial charge in [-0.2, -0.15) is 0 Å². The lowest BCUT2D eigenvalue weighted by Gasteiger charge is -2.35. The first-order valence-electron chi connectivity index (χ1n) is 11.9. The maximum atomic E-state index is 13.9. The summed E-state index contributed by atoms with van der Waals surface area (Å²) in [6.07, 6.45) is 16.3. The molecule has 1 N–H and O–H groups in total. The Balaban J connectivity index is 1.42. The van der Waals surface area contributed by atoms with E-state index in [4.69, 9.17) is 0 Å². The summed E-state index contributed by atoms with van der Waals surface area (Å²) in [4.78, 5) is 1.10. The predicted octanol–water partition coefficient (Wildman–Crippen LogP) is 5.29. The second-order valence-corrected chi connectivity index (χ2v) is 11.4. The fourth-order valence-corrected chi connectivity index (χ4v) is 8.10. The average molecular weight is 424 g/mol. The van der Waals surface area contributed by atoms with Crippen LogP contribution in [0.4, 0.5) is 4.39 Å². The summed E-state index contributed by atoms with van der Waals surface area (Å²) in [7, 11) is -1.05. The molecule has 1 heterocycles. The van der Waals surface area contributed by atoms with Crippen molar-refractivity contribution in [2.24, 2.45) is 23.7 Å². The Morgan fingerprint density at radius 3 is 2.90 bits per heavy atom. The summed E-state index contributed by atoms with van der Waals surface area (Å²) in [6.45, 7) is 2.79. The van der Waals surface area contributed by atoms with Crippen molar-refractivity contribution in [3.8, 4) is 0 Å². The van der Waals surface area contributed by atoms with Crippen molar-refractivity contribution in [1.82, 2.24) is 4.31 Å². The van der Waals surface area contributed by atoms with E-state index in [9.17, 15) is 13.7 Å². The van der Waals surface area contributed by atoms with Gasteiger partial charge in [-0.15, -0.1) is 0 Å². The van der Waals surface area contributed by atoms with Crippen molar-refractivity contribution >= 4 is 11.0 Å². The first kappa shape index (κ1) is 21.7. The lowest BCUT2D eigenvalue weighted by atomic mass is 9.76. The summed E-state index contributed by atoms with van der Waals surface area (Å²) in [6, 6.07) is 0.442. The van der Waals surface area contributed by atoms with Crippen molar-refractivity contribution in [1.29, 1.82) is 0 Å². The molecular weight excluding hydrogens is 385 g/mol. The second kappa shape index (κ2) is 9.74. The third-order valence-corrected chi connectivity index (χ3v) is 9.54. The molecule has 4 rings (SSSR count). The summed E-state index contributed by atoms with van der Waals surface area (Å²) in [5, 5.41) is 9.75. The molecule has 0 bridgehead atoms. The van der Waals surface area contributed by atoms with Gasteiger partial charge in [0.25, 0.3) is 0 Å². The Morgan fingerprint density at radius 1 is 1.28 bits per heavy atom. The molecule has 2 fully saturated rings. The molecule has 8 unspecified atom stereocenters. The van der Waals surface area contributed by atoms with Gasteiger partial charge in [-0.3, -0.25) is 0 Å². The highest BCUT2D eigenvalue weighted by Gasteiger charge is 2.45. The number of aliphatic hydroxyl groups is 1. The molecule has 29 heavy (non-hydrogen) atoms. The molecule has 3 nitrogen and oxygen atoms in total. The molecule has 4 aliphatic rings. The van der Waals surface area contributed by atoms with Crippen LogP contribution in [0.3, 0.4) is 0 Å². The maximum Gasteiger partial charge on any atom is 0.123 e. The lowest BCUT2D eigenvalue weighted by Crippen LogP contribution is -2.37. The number of alkyl halides is 1. The van der Waals surface area contributed by atoms with Gasteiger partial charge >= 0.3 is 0 Å². The van der Waals surface area contributed by atoms with Crippen LogP contribution >= 0.6 is 0 Å². The lowest BCUT2D eigenvalue weighted by molar-refractivity contribution is 0.163. The zero-order valence-corrected chi connectivity index (χ0v) is 18.7. The highest BCUT2D eigenvalue weighted by atomic mass is 32.2. The highest BCUT2D eigenvalue weighted by Crippen LogP contribution is 2.45. The van der Waals surface area contributed by atoms with Crippen LogP contribution in [0, 0.1) is 23.7 Å². The van der Waals surface area contributed by atoms with E-state index in [2.05, 4.69) is 10.4 Å². The van der Waals surface area contributed by atoms with E-state index in [0.29, 0.717) is 36.1 Å². The fraction of sp³-hybridized carbons (Fsp3) is 0.833. The van der Waals surface area contributed by atoms with Crippen LogP contribution in [0.2, 0.25) is 0 Å². The number of allylic oxidation sites excluding steroid dienone is 4. The van der Waals surface area contributed by atoms with Crippen LogP contribution < -0.4 is 0 Å². The average Bonchev–Trinajstić information content (AvgIpc) is 3.10. The Hall–Kier alpha value is -0.520. The fourth-order valence-electron chi connectivity index (χ4n) is 6.35. The van der Waals surface area contributed by atoms with Crippen molar-refractivity contribution in [2.75, 3.05) is 6.54 Å². The van der Waals surface area contributed by atoms with E-state index in [1.165, 1.54) is 19.3 Å². The van der Waals surface area contributed by atoms with E-state index in [1.54, 1.807) is 6.08 Å². The summed E-state index contributed by atoms with van der Waals surface area (Å²) < 4.78 is 29.8. The number of hydrogen-bond acceptors (Lipinski definition) is 2. The zero-order valence-electron chi connectivity index (χ0n) is 17.8. The van der Waals surface area contributed by atoms with E-state index < -0.39 is 17.2 Å². The van der Waals surface area contributed by atoms with E-state index in [0.717, 1.165) is 56.4 Å². The number of aliphatic hydroxyl groups excluding tert-OH is 1. The number of fused-ring (bicyclic) bond motifs is 1. The molecule has 164 valence electrons. The molecule has 3 aliphatic carbocycles. The van der Waals surface area contributed by atoms with Gasteiger partial charge in [-0.1, -0.05) is 31.1 Å². The molecular formula is C24H38FNO2S. The van der Waals surface area contributed by atoms with Gasteiger partial charge in [-0.05, 0) is 88.4 Å². The minimum absolute atomic E-state index is 0.248. The monoisotopic (exact) mass is 423 g/mol. The molecule has 1 saturated heterocycles. The van der Waals surface area contributed by atoms with Gasteiger partial charge < -0.3 is 5.11 Å². The van der Waals surface area contributed by atoms with Crippen molar-refractivity contribution in [3.63, 3.8) is 0 Å². The number of halogens is 1. The van der Waals surface area contributed by atoms with Gasteiger partial charge in [0.1, 0.15) is 17.2 Å². The van der Waals surface area contributed by atoms with Crippen LogP contribution in [0.5, 0.6) is 0 Å². The number of rotatable bonds is 6. The maximum absolute atomic E-state index is 13.9. The van der Waals surface area contributed by atoms with Crippen LogP contribution in [0.25, 0.3) is 0 Å². The van der Waals surface area contributed by atoms with Crippen molar-refractivity contribution < 1.29 is 13.7 Å². The molecule has 1 aliphatic heterocycles. The molecule has 0 aromatic heterocycles. The standard InChI is InChI=1S/C24H38FNO2S/c1-17(27)12-13-20-16-26(24-11-3-2-10-23(20)24)29(28)22-9-5-7-19(15-22)18-6-4-8-21(25)14-18/h4,8-9,17-21,23-24,27H,2-3,5-7,10-16H2,1H3. The van der Waals surface area contributed by atoms with Gasteiger partial charge in [-0.25, -0.2) is 12.9 Å². The largest absolute Gasteiger partial charge is 0.393 e. The van der Waals surface area contributed by atoms with Gasteiger partial charge in [0.2, 0.25) is 0 Å². The predicted molar refractivity (Wildman–Crippen MR) is 117 cm³/mol. The summed E-state index contributed by atoms with van der Waals surface area (Å²) >= 11 is 0. The Bertz CT molecular complexity index is 649. The smallest absolute Gasteiger partial charge is 0.123 e.